The van der Waals surface area contributed by atoms with Gasteiger partial charge in [0.2, 0.25) is 0 Å². The van der Waals surface area contributed by atoms with E-state index in [1.165, 1.54) is 0 Å². The molecule has 3 fully saturated rings. The first kappa shape index (κ1) is 19.1. The van der Waals surface area contributed by atoms with Gasteiger partial charge in [0.05, 0.1) is 17.9 Å². The molecule has 1 unspecified atom stereocenters. The minimum atomic E-state index is -0.272. The number of piperidine rings is 2. The number of fused-ring (bicyclic) bond motifs is 1. The minimum Gasteiger partial charge on any atom is -0.464 e. The van der Waals surface area contributed by atoms with Crippen LogP contribution in [0, 0.1) is 5.41 Å². The summed E-state index contributed by atoms with van der Waals surface area (Å²) in [4.78, 5) is 17.6. The van der Waals surface area contributed by atoms with Gasteiger partial charge in [-0.3, -0.25) is 9.69 Å². The highest BCUT2D eigenvalue weighted by Gasteiger charge is 2.44. The predicted octanol–water partition coefficient (Wildman–Crippen LogP) is 2.90. The molecule has 1 N–H and O–H groups in total. The third-order valence-corrected chi connectivity index (χ3v) is 7.18. The van der Waals surface area contributed by atoms with E-state index in [-0.39, 0.29) is 17.4 Å². The van der Waals surface area contributed by atoms with Gasteiger partial charge in [-0.05, 0) is 49.7 Å². The average molecular weight is 399 g/mol. The smallest absolute Gasteiger partial charge is 0.257 e. The van der Waals surface area contributed by atoms with Crippen molar-refractivity contribution in [3.05, 3.63) is 36.1 Å². The van der Waals surface area contributed by atoms with Gasteiger partial charge < -0.3 is 19.2 Å². The number of β-amino-alcohol motifs (C(OH)–C–C–N with tert-alkyl or cyclic N) is 1. The van der Waals surface area contributed by atoms with Crippen molar-refractivity contribution in [2.24, 2.45) is 5.41 Å². The second-order valence-corrected chi connectivity index (χ2v) is 9.07. The maximum atomic E-state index is 13.2. The number of carbonyl (C=O) groups is 1. The Bertz CT molecular complexity index is 865. The Morgan fingerprint density at radius 2 is 1.93 bits per heavy atom. The van der Waals surface area contributed by atoms with E-state index in [4.69, 9.17) is 9.15 Å². The van der Waals surface area contributed by atoms with E-state index in [0.717, 1.165) is 76.9 Å². The van der Waals surface area contributed by atoms with E-state index in [0.29, 0.717) is 17.2 Å². The molecule has 1 aromatic heterocycles. The summed E-state index contributed by atoms with van der Waals surface area (Å²) in [5, 5.41) is 11.6. The molecule has 1 amide bonds. The number of hydrogen-bond acceptors (Lipinski definition) is 5. The third-order valence-electron chi connectivity index (χ3n) is 7.18. The highest BCUT2D eigenvalue weighted by atomic mass is 16.5. The van der Waals surface area contributed by atoms with Crippen molar-refractivity contribution in [3.63, 3.8) is 0 Å². The van der Waals surface area contributed by atoms with Crippen LogP contribution in [0.2, 0.25) is 0 Å². The summed E-state index contributed by atoms with van der Waals surface area (Å²) in [5.74, 6) is 0.0537. The molecule has 6 heteroatoms. The summed E-state index contributed by atoms with van der Waals surface area (Å²) in [6.07, 6.45) is 6.23. The second-order valence-electron chi connectivity index (χ2n) is 9.07. The molecule has 156 valence electrons. The van der Waals surface area contributed by atoms with Gasteiger partial charge in [0.25, 0.3) is 5.91 Å². The zero-order valence-corrected chi connectivity index (χ0v) is 16.9. The van der Waals surface area contributed by atoms with Crippen LogP contribution in [0.3, 0.4) is 0 Å². The number of carbonyl (C=O) groups excluding carboxylic acids is 1. The molecular formula is C23H30N2O4. The van der Waals surface area contributed by atoms with E-state index < -0.39 is 0 Å². The Morgan fingerprint density at radius 1 is 1.14 bits per heavy atom. The largest absolute Gasteiger partial charge is 0.464 e. The molecule has 0 aliphatic carbocycles. The van der Waals surface area contributed by atoms with Gasteiger partial charge in [0.1, 0.15) is 5.58 Å². The quantitative estimate of drug-likeness (QED) is 0.843. The summed E-state index contributed by atoms with van der Waals surface area (Å²) in [6, 6.07) is 8.16. The summed E-state index contributed by atoms with van der Waals surface area (Å²) in [5.41, 5.74) is 1.44. The van der Waals surface area contributed by atoms with Crippen molar-refractivity contribution in [3.8, 4) is 0 Å². The lowest BCUT2D eigenvalue weighted by molar-refractivity contribution is -0.0695. The standard InChI is InChI=1S/C23H30N2O4/c26-19-14-23(16-25(15-19)18-5-11-28-12-6-18)7-9-24(10-8-23)22(27)20-3-1-2-17-4-13-29-21(17)20/h1-4,13,18-19,26H,5-12,14-16H2. The molecule has 5 rings (SSSR count). The Morgan fingerprint density at radius 3 is 2.72 bits per heavy atom. The van der Waals surface area contributed by atoms with Gasteiger partial charge in [-0.1, -0.05) is 12.1 Å². The number of para-hydroxylation sites is 1. The molecular weight excluding hydrogens is 368 g/mol. The SMILES string of the molecule is O=C(c1cccc2ccoc12)N1CCC2(CC1)CC(O)CN(C1CCOCC1)C2. The Hall–Kier alpha value is -1.89. The maximum Gasteiger partial charge on any atom is 0.257 e. The first-order chi connectivity index (χ1) is 14.1. The summed E-state index contributed by atoms with van der Waals surface area (Å²) in [6.45, 7) is 4.93. The molecule has 2 aromatic rings. The van der Waals surface area contributed by atoms with Crippen LogP contribution >= 0.6 is 0 Å². The van der Waals surface area contributed by atoms with E-state index in [1.54, 1.807) is 6.26 Å². The Balaban J connectivity index is 1.27. The third kappa shape index (κ3) is 3.69. The van der Waals surface area contributed by atoms with Crippen molar-refractivity contribution >= 4 is 16.9 Å². The first-order valence-corrected chi connectivity index (χ1v) is 10.9. The fraction of sp³-hybridized carbons (Fsp3) is 0.609. The number of amides is 1. The molecule has 3 saturated heterocycles. The van der Waals surface area contributed by atoms with Gasteiger partial charge in [-0.2, -0.15) is 0 Å². The van der Waals surface area contributed by atoms with Crippen molar-refractivity contribution in [2.75, 3.05) is 39.4 Å². The number of nitrogens with zero attached hydrogens (tertiary/aromatic N) is 2. The van der Waals surface area contributed by atoms with E-state index in [1.807, 2.05) is 29.2 Å². The number of hydrogen-bond donors (Lipinski definition) is 1. The molecule has 3 aliphatic rings. The molecule has 6 nitrogen and oxygen atoms in total. The van der Waals surface area contributed by atoms with E-state index in [2.05, 4.69) is 4.90 Å². The molecule has 0 bridgehead atoms. The minimum absolute atomic E-state index is 0.0537. The fourth-order valence-corrected chi connectivity index (χ4v) is 5.60. The first-order valence-electron chi connectivity index (χ1n) is 10.9. The van der Waals surface area contributed by atoms with Crippen LogP contribution in [0.1, 0.15) is 42.5 Å². The molecule has 29 heavy (non-hydrogen) atoms. The zero-order valence-electron chi connectivity index (χ0n) is 16.9. The number of benzene rings is 1. The van der Waals surface area contributed by atoms with Gasteiger partial charge >= 0.3 is 0 Å². The monoisotopic (exact) mass is 398 g/mol. The molecule has 1 atom stereocenters. The number of rotatable bonds is 2. The molecule has 4 heterocycles. The summed E-state index contributed by atoms with van der Waals surface area (Å²) < 4.78 is 11.1. The normalized spacial score (nSPS) is 26.2. The highest BCUT2D eigenvalue weighted by molar-refractivity contribution is 6.04. The lowest BCUT2D eigenvalue weighted by Gasteiger charge is -2.51. The van der Waals surface area contributed by atoms with E-state index in [9.17, 15) is 9.90 Å². The number of furan rings is 1. The molecule has 0 saturated carbocycles. The van der Waals surface area contributed by atoms with Crippen molar-refractivity contribution in [1.29, 1.82) is 0 Å². The molecule has 1 spiro atoms. The van der Waals surface area contributed by atoms with Crippen molar-refractivity contribution in [2.45, 2.75) is 44.2 Å². The average Bonchev–Trinajstić information content (AvgIpc) is 3.23. The number of aliphatic hydroxyl groups is 1. The predicted molar refractivity (Wildman–Crippen MR) is 110 cm³/mol. The molecule has 1 aromatic carbocycles. The number of likely N-dealkylation sites (tertiary alicyclic amines) is 2. The Labute approximate surface area is 171 Å². The van der Waals surface area contributed by atoms with Crippen molar-refractivity contribution in [1.82, 2.24) is 9.80 Å². The zero-order chi connectivity index (χ0) is 19.8. The Kier molecular flexibility index (Phi) is 5.10. The van der Waals surface area contributed by atoms with Gasteiger partial charge in [-0.15, -0.1) is 0 Å². The molecule has 0 radical (unpaired) electrons. The number of ether oxygens (including phenoxy) is 1. The van der Waals surface area contributed by atoms with Crippen LogP contribution in [0.15, 0.2) is 34.9 Å². The van der Waals surface area contributed by atoms with Crippen LogP contribution in [0.4, 0.5) is 0 Å². The van der Waals surface area contributed by atoms with Crippen LogP contribution in [0.5, 0.6) is 0 Å². The number of aliphatic hydroxyl groups excluding tert-OH is 1. The van der Waals surface area contributed by atoms with Gasteiger partial charge in [0, 0.05) is 50.8 Å². The maximum absolute atomic E-state index is 13.2. The second kappa shape index (κ2) is 7.74. The molecule has 3 aliphatic heterocycles. The highest BCUT2D eigenvalue weighted by Crippen LogP contribution is 2.41. The van der Waals surface area contributed by atoms with Gasteiger partial charge in [-0.25, -0.2) is 0 Å². The van der Waals surface area contributed by atoms with E-state index >= 15 is 0 Å². The lowest BCUT2D eigenvalue weighted by atomic mass is 9.71. The van der Waals surface area contributed by atoms with Crippen LogP contribution < -0.4 is 0 Å². The van der Waals surface area contributed by atoms with Gasteiger partial charge in [0.15, 0.2) is 0 Å². The van der Waals surface area contributed by atoms with Crippen LogP contribution in [-0.4, -0.2) is 72.4 Å². The van der Waals surface area contributed by atoms with Crippen LogP contribution in [0.25, 0.3) is 11.0 Å². The fourth-order valence-electron chi connectivity index (χ4n) is 5.60. The van der Waals surface area contributed by atoms with Crippen LogP contribution in [-0.2, 0) is 4.74 Å². The summed E-state index contributed by atoms with van der Waals surface area (Å²) in [7, 11) is 0. The van der Waals surface area contributed by atoms with Crippen molar-refractivity contribution < 1.29 is 19.1 Å². The summed E-state index contributed by atoms with van der Waals surface area (Å²) >= 11 is 0. The lowest BCUT2D eigenvalue weighted by Crippen LogP contribution is -2.57. The topological polar surface area (TPSA) is 66.2 Å².